The summed E-state index contributed by atoms with van der Waals surface area (Å²) in [5.41, 5.74) is 10.5. The quantitative estimate of drug-likeness (QED) is 0.103. The lowest BCUT2D eigenvalue weighted by molar-refractivity contribution is 0.415. The van der Waals surface area contributed by atoms with Gasteiger partial charge in [0.25, 0.3) is 0 Å². The summed E-state index contributed by atoms with van der Waals surface area (Å²) in [5, 5.41) is 3.25. The van der Waals surface area contributed by atoms with Gasteiger partial charge in [-0.2, -0.15) is 0 Å². The molecule has 0 aliphatic carbocycles. The highest BCUT2D eigenvalue weighted by Gasteiger charge is 2.19. The zero-order valence-electron chi connectivity index (χ0n) is 35.9. The van der Waals surface area contributed by atoms with Crippen LogP contribution in [0.15, 0.2) is 165 Å². The van der Waals surface area contributed by atoms with Crippen molar-refractivity contribution < 1.29 is 14.2 Å². The first kappa shape index (κ1) is 43.9. The summed E-state index contributed by atoms with van der Waals surface area (Å²) in [6.45, 7) is 0.946. The van der Waals surface area contributed by atoms with Crippen LogP contribution < -0.4 is 19.5 Å². The van der Waals surface area contributed by atoms with E-state index < -0.39 is 0 Å². The van der Waals surface area contributed by atoms with Crippen molar-refractivity contribution in [2.75, 3.05) is 40.8 Å². The van der Waals surface area contributed by atoms with E-state index in [9.17, 15) is 0 Å². The maximum Gasteiger partial charge on any atom is 0.146 e. The van der Waals surface area contributed by atoms with Gasteiger partial charge in [-0.3, -0.25) is 19.9 Å². The van der Waals surface area contributed by atoms with E-state index in [1.807, 2.05) is 80.1 Å². The molecule has 8 aromatic heterocycles. The number of aromatic amines is 2. The number of fused-ring (bicyclic) bond motifs is 4. The number of nitrogens with zero attached hydrogens (tertiary/aromatic N) is 6. The van der Waals surface area contributed by atoms with E-state index >= 15 is 0 Å². The summed E-state index contributed by atoms with van der Waals surface area (Å²) in [6.07, 6.45) is 16.8. The molecule has 0 spiro atoms. The number of hydrogen-bond acceptors (Lipinski definition) is 8. The topological polar surface area (TPSA) is 133 Å². The lowest BCUT2D eigenvalue weighted by atomic mass is 10.0. The zero-order chi connectivity index (χ0) is 43.8. The molecule has 63 heavy (non-hydrogen) atoms. The summed E-state index contributed by atoms with van der Waals surface area (Å²) in [4.78, 5) is 23.2. The van der Waals surface area contributed by atoms with Gasteiger partial charge < -0.3 is 38.6 Å². The molecule has 2 aromatic carbocycles. The molecule has 0 fully saturated rings. The first-order valence-electron chi connectivity index (χ1n) is 20.7. The van der Waals surface area contributed by atoms with Gasteiger partial charge in [-0.1, -0.05) is 60.7 Å². The highest BCUT2D eigenvalue weighted by molar-refractivity contribution is 6.17. The van der Waals surface area contributed by atoms with Crippen LogP contribution in [0.4, 0.5) is 0 Å². The van der Waals surface area contributed by atoms with Gasteiger partial charge in [-0.25, -0.2) is 0 Å². The molecule has 10 rings (SSSR count). The molecule has 3 N–H and O–H groups in total. The van der Waals surface area contributed by atoms with Crippen molar-refractivity contribution in [2.45, 2.75) is 24.9 Å². The molecular formula is C50H52ClN9O3. The van der Waals surface area contributed by atoms with E-state index in [4.69, 9.17) is 25.8 Å². The molecule has 322 valence electrons. The predicted octanol–water partition coefficient (Wildman–Crippen LogP) is 10.6. The van der Waals surface area contributed by atoms with Gasteiger partial charge >= 0.3 is 0 Å². The summed E-state index contributed by atoms with van der Waals surface area (Å²) in [5.74, 6) is 3.13. The molecule has 0 amide bonds. The SMILES string of the molecule is CNCC[C@@H](c1ccccc1)n1ccc2nccc(OC)c21.COc1ccnc2cc[nH]c12.COc1ccnc2ccn([C@@H](CCCl)c3ccccc3)c12.c1cnc2cc[nH]c2c1. The van der Waals surface area contributed by atoms with Crippen LogP contribution in [0.1, 0.15) is 36.1 Å². The van der Waals surface area contributed by atoms with Crippen LogP contribution in [0.5, 0.6) is 17.2 Å². The number of hydrogen-bond donors (Lipinski definition) is 3. The largest absolute Gasteiger partial charge is 0.494 e. The standard InChI is InChI=1S/C18H21N3O.C17H17ClN2O.C8H8N2O.C7H6N2/c1-19-11-8-16(14-6-4-3-5-7-14)21-13-10-15-18(21)17(22-2)9-12-20-15;1-21-16-8-11-19-14-9-12-20(17(14)16)15(7-10-18)13-5-3-2-4-6-13;1-11-7-3-5-9-6-2-4-10-8(6)7;1-2-6-7(8-4-1)3-5-9-6/h3-7,9-10,12-13,16,19H,8,11H2,1-2H3;2-6,8-9,11-12,15H,7,10H2,1H3;2-5,10H,1H3;1-5,9H/t16-;15-;;/m00../s1. The minimum atomic E-state index is 0.180. The second-order valence-corrected chi connectivity index (χ2v) is 14.7. The Kier molecular flexibility index (Phi) is 15.4. The molecular weight excluding hydrogens is 810 g/mol. The summed E-state index contributed by atoms with van der Waals surface area (Å²) in [7, 11) is 7.02. The Bertz CT molecular complexity index is 2880. The summed E-state index contributed by atoms with van der Waals surface area (Å²) in [6, 6.07) is 38.9. The molecule has 2 atom stereocenters. The first-order chi connectivity index (χ1) is 31.1. The van der Waals surface area contributed by atoms with Crippen molar-refractivity contribution in [3.05, 3.63) is 176 Å². The van der Waals surface area contributed by atoms with E-state index in [2.05, 4.69) is 111 Å². The Morgan fingerprint density at radius 3 is 1.59 bits per heavy atom. The Morgan fingerprint density at radius 2 is 1.05 bits per heavy atom. The predicted molar refractivity (Wildman–Crippen MR) is 254 cm³/mol. The van der Waals surface area contributed by atoms with Crippen LogP contribution in [0.2, 0.25) is 0 Å². The Hall–Kier alpha value is -7.15. The Balaban J connectivity index is 0.000000134. The third-order valence-electron chi connectivity index (χ3n) is 10.6. The number of methoxy groups -OCH3 is 3. The molecule has 8 heterocycles. The van der Waals surface area contributed by atoms with E-state index in [0.29, 0.717) is 5.88 Å². The van der Waals surface area contributed by atoms with Crippen molar-refractivity contribution in [1.82, 2.24) is 44.4 Å². The van der Waals surface area contributed by atoms with Crippen molar-refractivity contribution in [3.8, 4) is 17.2 Å². The van der Waals surface area contributed by atoms with Gasteiger partial charge in [0.15, 0.2) is 0 Å². The first-order valence-corrected chi connectivity index (χ1v) is 21.3. The molecule has 0 unspecified atom stereocenters. The van der Waals surface area contributed by atoms with Crippen molar-refractivity contribution >= 4 is 55.7 Å². The fraction of sp³-hybridized carbons (Fsp3) is 0.200. The van der Waals surface area contributed by atoms with E-state index in [1.54, 1.807) is 46.1 Å². The van der Waals surface area contributed by atoms with Gasteiger partial charge in [0.1, 0.15) is 33.8 Å². The molecule has 0 aliphatic rings. The fourth-order valence-corrected chi connectivity index (χ4v) is 7.83. The smallest absolute Gasteiger partial charge is 0.146 e. The Labute approximate surface area is 371 Å². The molecule has 10 aromatic rings. The highest BCUT2D eigenvalue weighted by atomic mass is 35.5. The summed E-state index contributed by atoms with van der Waals surface area (Å²) >= 11 is 6.03. The van der Waals surface area contributed by atoms with Crippen molar-refractivity contribution in [1.29, 1.82) is 0 Å². The molecule has 0 bridgehead atoms. The van der Waals surface area contributed by atoms with Crippen LogP contribution in [-0.4, -0.2) is 79.8 Å². The summed E-state index contributed by atoms with van der Waals surface area (Å²) < 4.78 is 20.6. The fourth-order valence-electron chi connectivity index (χ4n) is 7.62. The van der Waals surface area contributed by atoms with Gasteiger partial charge in [-0.05, 0) is 74.0 Å². The van der Waals surface area contributed by atoms with E-state index in [0.717, 1.165) is 80.8 Å². The molecule has 0 saturated heterocycles. The number of aromatic nitrogens is 8. The normalized spacial score (nSPS) is 11.8. The number of nitrogens with one attached hydrogen (secondary N) is 3. The van der Waals surface area contributed by atoms with Gasteiger partial charge in [0.2, 0.25) is 0 Å². The number of rotatable bonds is 12. The second-order valence-electron chi connectivity index (χ2n) is 14.3. The zero-order valence-corrected chi connectivity index (χ0v) is 36.6. The van der Waals surface area contributed by atoms with E-state index in [1.165, 1.54) is 11.1 Å². The van der Waals surface area contributed by atoms with Crippen LogP contribution in [-0.2, 0) is 0 Å². The lowest BCUT2D eigenvalue weighted by Gasteiger charge is -2.21. The van der Waals surface area contributed by atoms with Crippen LogP contribution in [0.25, 0.3) is 44.1 Å². The highest BCUT2D eigenvalue weighted by Crippen LogP contribution is 2.33. The third-order valence-corrected chi connectivity index (χ3v) is 10.8. The third kappa shape index (κ3) is 10.5. The molecule has 13 heteroatoms. The Morgan fingerprint density at radius 1 is 0.540 bits per heavy atom. The van der Waals surface area contributed by atoms with Crippen LogP contribution in [0.3, 0.4) is 0 Å². The molecule has 0 radical (unpaired) electrons. The van der Waals surface area contributed by atoms with Gasteiger partial charge in [-0.15, -0.1) is 11.6 Å². The molecule has 0 saturated carbocycles. The maximum absolute atomic E-state index is 6.03. The number of benzene rings is 2. The molecule has 0 aliphatic heterocycles. The second kappa shape index (κ2) is 22.1. The van der Waals surface area contributed by atoms with Crippen LogP contribution >= 0.6 is 11.6 Å². The average molecular weight is 862 g/mol. The minimum Gasteiger partial charge on any atom is -0.494 e. The van der Waals surface area contributed by atoms with Crippen LogP contribution in [0, 0.1) is 0 Å². The van der Waals surface area contributed by atoms with Gasteiger partial charge in [0, 0.05) is 73.7 Å². The van der Waals surface area contributed by atoms with Crippen molar-refractivity contribution in [2.24, 2.45) is 0 Å². The minimum absolute atomic E-state index is 0.180. The lowest BCUT2D eigenvalue weighted by Crippen LogP contribution is -2.17. The van der Waals surface area contributed by atoms with Crippen molar-refractivity contribution in [3.63, 3.8) is 0 Å². The number of H-pyrrole nitrogens is 2. The number of ether oxygens (including phenoxy) is 3. The van der Waals surface area contributed by atoms with E-state index in [-0.39, 0.29) is 12.1 Å². The number of halogens is 1. The number of alkyl halides is 1. The monoisotopic (exact) mass is 861 g/mol. The van der Waals surface area contributed by atoms with Gasteiger partial charge in [0.05, 0.1) is 61.0 Å². The maximum atomic E-state index is 6.03. The number of pyridine rings is 4. The molecule has 12 nitrogen and oxygen atoms in total. The average Bonchev–Trinajstić information content (AvgIpc) is 4.19.